The maximum atomic E-state index is 12.3. The number of hydrogen-bond acceptors (Lipinski definition) is 3. The first-order valence-corrected chi connectivity index (χ1v) is 20.6. The third-order valence-electron chi connectivity index (χ3n) is 9.43. The Balaban J connectivity index is 3.59. The van der Waals surface area contributed by atoms with Crippen LogP contribution in [0.5, 0.6) is 0 Å². The van der Waals surface area contributed by atoms with Gasteiger partial charge in [-0.3, -0.25) is 4.79 Å². The van der Waals surface area contributed by atoms with Crippen LogP contribution in [0.1, 0.15) is 219 Å². The number of rotatable bonds is 37. The lowest BCUT2D eigenvalue weighted by molar-refractivity contribution is -0.123. The summed E-state index contributed by atoms with van der Waals surface area (Å²) in [6.07, 6.45) is 48.4. The number of aliphatic hydroxyl groups excluding tert-OH is 2. The van der Waals surface area contributed by atoms with Gasteiger partial charge >= 0.3 is 0 Å². The number of nitrogens with one attached hydrogen (secondary N) is 1. The predicted octanol–water partition coefficient (Wildman–Crippen LogP) is 12.5. The standard InChI is InChI=1S/C42H81NO3/c1-3-5-7-9-11-13-15-17-19-20-21-22-24-25-27-29-31-33-35-37-41(45)40(39-44)43-42(46)38-36-34-32-30-28-26-23-18-16-14-12-10-8-6-4-2/h18,23,35,37,40-41,44-45H,3-17,19-22,24-34,36,38-39H2,1-2H3,(H,43,46)/b23-18-,37-35+. The number of unbranched alkanes of at least 4 members (excludes halogenated alkanes) is 28. The molecule has 2 atom stereocenters. The Hall–Kier alpha value is -1.13. The minimum atomic E-state index is -0.839. The van der Waals surface area contributed by atoms with E-state index in [4.69, 9.17) is 0 Å². The highest BCUT2D eigenvalue weighted by atomic mass is 16.3. The molecular weight excluding hydrogens is 566 g/mol. The number of aliphatic hydroxyl groups is 2. The van der Waals surface area contributed by atoms with Crippen LogP contribution in [0, 0.1) is 0 Å². The fourth-order valence-electron chi connectivity index (χ4n) is 6.23. The molecule has 0 heterocycles. The normalized spacial score (nSPS) is 13.2. The Bertz CT molecular complexity index is 661. The lowest BCUT2D eigenvalue weighted by atomic mass is 10.0. The summed E-state index contributed by atoms with van der Waals surface area (Å²) in [4.78, 5) is 12.3. The van der Waals surface area contributed by atoms with E-state index < -0.39 is 12.1 Å². The smallest absolute Gasteiger partial charge is 0.220 e. The second-order valence-corrected chi connectivity index (χ2v) is 14.1. The van der Waals surface area contributed by atoms with Crippen molar-refractivity contribution in [2.24, 2.45) is 0 Å². The van der Waals surface area contributed by atoms with Crippen LogP contribution in [-0.4, -0.2) is 34.9 Å². The monoisotopic (exact) mass is 648 g/mol. The average molecular weight is 648 g/mol. The zero-order valence-electron chi connectivity index (χ0n) is 31.1. The molecule has 2 unspecified atom stereocenters. The van der Waals surface area contributed by atoms with Crippen LogP contribution in [0.3, 0.4) is 0 Å². The Morgan fingerprint density at radius 3 is 1.20 bits per heavy atom. The molecular formula is C42H81NO3. The molecule has 0 aliphatic carbocycles. The molecule has 0 aromatic heterocycles. The molecule has 0 fully saturated rings. The van der Waals surface area contributed by atoms with Crippen molar-refractivity contribution in [3.63, 3.8) is 0 Å². The van der Waals surface area contributed by atoms with Gasteiger partial charge in [0.1, 0.15) is 0 Å². The van der Waals surface area contributed by atoms with Crippen molar-refractivity contribution in [1.29, 1.82) is 0 Å². The number of carbonyl (C=O) groups excluding carboxylic acids is 1. The molecule has 0 bridgehead atoms. The molecule has 0 spiro atoms. The molecule has 272 valence electrons. The van der Waals surface area contributed by atoms with E-state index in [1.165, 1.54) is 167 Å². The minimum absolute atomic E-state index is 0.0720. The topological polar surface area (TPSA) is 69.6 Å². The van der Waals surface area contributed by atoms with Crippen molar-refractivity contribution in [3.05, 3.63) is 24.3 Å². The molecule has 4 heteroatoms. The highest BCUT2D eigenvalue weighted by Gasteiger charge is 2.17. The first kappa shape index (κ1) is 44.9. The van der Waals surface area contributed by atoms with Crippen LogP contribution < -0.4 is 5.32 Å². The SMILES string of the molecule is CCCCCCCC/C=C\CCCCCCCC(=O)NC(CO)C(O)/C=C/CCCCCCCCCCCCCCCCCCC. The summed E-state index contributed by atoms with van der Waals surface area (Å²) in [5.41, 5.74) is 0. The molecule has 0 aliphatic heterocycles. The van der Waals surface area contributed by atoms with Crippen molar-refractivity contribution < 1.29 is 15.0 Å². The highest BCUT2D eigenvalue weighted by Crippen LogP contribution is 2.15. The lowest BCUT2D eigenvalue weighted by Crippen LogP contribution is -2.45. The molecule has 0 radical (unpaired) electrons. The van der Waals surface area contributed by atoms with Gasteiger partial charge in [-0.1, -0.05) is 192 Å². The first-order chi connectivity index (χ1) is 22.7. The molecule has 0 aliphatic rings. The summed E-state index contributed by atoms with van der Waals surface area (Å²) < 4.78 is 0. The summed E-state index contributed by atoms with van der Waals surface area (Å²) in [6, 6.07) is -0.623. The maximum absolute atomic E-state index is 12.3. The van der Waals surface area contributed by atoms with Gasteiger partial charge in [-0.15, -0.1) is 0 Å². The Morgan fingerprint density at radius 2 is 0.826 bits per heavy atom. The van der Waals surface area contributed by atoms with E-state index in [-0.39, 0.29) is 12.5 Å². The van der Waals surface area contributed by atoms with E-state index in [0.29, 0.717) is 6.42 Å². The lowest BCUT2D eigenvalue weighted by Gasteiger charge is -2.20. The van der Waals surface area contributed by atoms with Gasteiger partial charge in [0, 0.05) is 6.42 Å². The van der Waals surface area contributed by atoms with Crippen LogP contribution in [0.4, 0.5) is 0 Å². The van der Waals surface area contributed by atoms with E-state index in [1.54, 1.807) is 6.08 Å². The van der Waals surface area contributed by atoms with E-state index in [1.807, 2.05) is 6.08 Å². The third kappa shape index (κ3) is 34.2. The Labute approximate surface area is 288 Å². The number of allylic oxidation sites excluding steroid dienone is 3. The number of amides is 1. The Kier molecular flexibility index (Phi) is 37.4. The molecule has 0 aromatic carbocycles. The second-order valence-electron chi connectivity index (χ2n) is 14.1. The fourth-order valence-corrected chi connectivity index (χ4v) is 6.23. The molecule has 0 rings (SSSR count). The molecule has 0 aromatic rings. The van der Waals surface area contributed by atoms with Gasteiger partial charge in [0.25, 0.3) is 0 Å². The first-order valence-electron chi connectivity index (χ1n) is 20.6. The summed E-state index contributed by atoms with van der Waals surface area (Å²) >= 11 is 0. The largest absolute Gasteiger partial charge is 0.394 e. The van der Waals surface area contributed by atoms with Crippen LogP contribution in [0.25, 0.3) is 0 Å². The van der Waals surface area contributed by atoms with E-state index in [9.17, 15) is 15.0 Å². The predicted molar refractivity (Wildman–Crippen MR) is 202 cm³/mol. The molecule has 1 amide bonds. The van der Waals surface area contributed by atoms with Crippen molar-refractivity contribution in [3.8, 4) is 0 Å². The summed E-state index contributed by atoms with van der Waals surface area (Å²) in [5.74, 6) is -0.0720. The van der Waals surface area contributed by atoms with Gasteiger partial charge < -0.3 is 15.5 Å². The van der Waals surface area contributed by atoms with Crippen LogP contribution >= 0.6 is 0 Å². The average Bonchev–Trinajstić information content (AvgIpc) is 3.06. The van der Waals surface area contributed by atoms with Crippen molar-refractivity contribution in [1.82, 2.24) is 5.32 Å². The van der Waals surface area contributed by atoms with Gasteiger partial charge in [0.05, 0.1) is 18.8 Å². The minimum Gasteiger partial charge on any atom is -0.394 e. The van der Waals surface area contributed by atoms with Crippen LogP contribution in [0.2, 0.25) is 0 Å². The molecule has 0 saturated heterocycles. The summed E-state index contributed by atoms with van der Waals surface area (Å²) in [7, 11) is 0. The zero-order valence-corrected chi connectivity index (χ0v) is 31.1. The second kappa shape index (κ2) is 38.3. The van der Waals surface area contributed by atoms with Crippen molar-refractivity contribution in [2.45, 2.75) is 231 Å². The van der Waals surface area contributed by atoms with Crippen LogP contribution in [-0.2, 0) is 4.79 Å². The maximum Gasteiger partial charge on any atom is 0.220 e. The molecule has 0 saturated carbocycles. The number of hydrogen-bond donors (Lipinski definition) is 3. The van der Waals surface area contributed by atoms with Gasteiger partial charge in [-0.05, 0) is 44.9 Å². The number of carbonyl (C=O) groups is 1. The van der Waals surface area contributed by atoms with E-state index in [2.05, 4.69) is 31.3 Å². The Morgan fingerprint density at radius 1 is 0.500 bits per heavy atom. The van der Waals surface area contributed by atoms with Gasteiger partial charge in [-0.2, -0.15) is 0 Å². The molecule has 46 heavy (non-hydrogen) atoms. The molecule has 4 nitrogen and oxygen atoms in total. The van der Waals surface area contributed by atoms with Gasteiger partial charge in [0.15, 0.2) is 0 Å². The summed E-state index contributed by atoms with van der Waals surface area (Å²) in [6.45, 7) is 4.30. The highest BCUT2D eigenvalue weighted by molar-refractivity contribution is 5.76. The fraction of sp³-hybridized carbons (Fsp3) is 0.881. The van der Waals surface area contributed by atoms with Gasteiger partial charge in [0.2, 0.25) is 5.91 Å². The van der Waals surface area contributed by atoms with Crippen molar-refractivity contribution >= 4 is 5.91 Å². The van der Waals surface area contributed by atoms with Crippen LogP contribution in [0.15, 0.2) is 24.3 Å². The van der Waals surface area contributed by atoms with E-state index >= 15 is 0 Å². The summed E-state index contributed by atoms with van der Waals surface area (Å²) in [5, 5.41) is 23.0. The van der Waals surface area contributed by atoms with E-state index in [0.717, 1.165) is 32.1 Å². The van der Waals surface area contributed by atoms with Crippen molar-refractivity contribution in [2.75, 3.05) is 6.61 Å². The zero-order chi connectivity index (χ0) is 33.6. The quantitative estimate of drug-likeness (QED) is 0.0464. The van der Waals surface area contributed by atoms with Gasteiger partial charge in [-0.25, -0.2) is 0 Å². The third-order valence-corrected chi connectivity index (χ3v) is 9.43. The molecule has 3 N–H and O–H groups in total.